The van der Waals surface area contributed by atoms with E-state index in [1.807, 2.05) is 6.92 Å². The van der Waals surface area contributed by atoms with E-state index in [4.69, 9.17) is 5.26 Å². The molecule has 102 valence electrons. The number of thioether (sulfide) groups is 1. The molecule has 0 bridgehead atoms. The van der Waals surface area contributed by atoms with E-state index in [0.29, 0.717) is 22.4 Å². The van der Waals surface area contributed by atoms with Gasteiger partial charge in [0.2, 0.25) is 5.91 Å². The summed E-state index contributed by atoms with van der Waals surface area (Å²) in [6, 6.07) is 9.02. The Balaban J connectivity index is 2.61. The maximum atomic E-state index is 12.1. The number of nitriles is 1. The minimum Gasteiger partial charge on any atom is -0.325 e. The lowest BCUT2D eigenvalue weighted by molar-refractivity contribution is -0.115. The van der Waals surface area contributed by atoms with Gasteiger partial charge in [-0.3, -0.25) is 4.79 Å². The lowest BCUT2D eigenvalue weighted by atomic mass is 10.2. The number of nitrogens with one attached hydrogen (secondary N) is 1. The van der Waals surface area contributed by atoms with E-state index in [-0.39, 0.29) is 11.2 Å². The minimum absolute atomic E-state index is 0.0208. The van der Waals surface area contributed by atoms with Crippen molar-refractivity contribution in [2.45, 2.75) is 38.2 Å². The molecule has 1 aromatic carbocycles. The number of hydrogen-bond donors (Lipinski definition) is 1. The zero-order chi connectivity index (χ0) is 14.4. The molecule has 1 rings (SSSR count). The van der Waals surface area contributed by atoms with Gasteiger partial charge in [0.05, 0.1) is 16.9 Å². The van der Waals surface area contributed by atoms with Gasteiger partial charge in [0, 0.05) is 10.9 Å². The Morgan fingerprint density at radius 2 is 2.00 bits per heavy atom. The van der Waals surface area contributed by atoms with Crippen molar-refractivity contribution in [3.8, 4) is 6.07 Å². The van der Waals surface area contributed by atoms with Crippen LogP contribution in [-0.2, 0) is 4.79 Å². The van der Waals surface area contributed by atoms with Crippen molar-refractivity contribution in [1.29, 1.82) is 5.26 Å². The van der Waals surface area contributed by atoms with Crippen molar-refractivity contribution in [1.82, 2.24) is 0 Å². The van der Waals surface area contributed by atoms with Crippen molar-refractivity contribution >= 4 is 23.4 Å². The van der Waals surface area contributed by atoms with Crippen molar-refractivity contribution in [2.24, 2.45) is 5.92 Å². The Morgan fingerprint density at radius 3 is 2.58 bits per heavy atom. The van der Waals surface area contributed by atoms with Crippen molar-refractivity contribution in [3.63, 3.8) is 0 Å². The van der Waals surface area contributed by atoms with Gasteiger partial charge in [-0.1, -0.05) is 26.8 Å². The number of nitrogens with zero attached hydrogens (tertiary/aromatic N) is 1. The summed E-state index contributed by atoms with van der Waals surface area (Å²) in [6.45, 7) is 8.35. The van der Waals surface area contributed by atoms with Crippen molar-refractivity contribution in [2.75, 3.05) is 5.32 Å². The molecule has 0 saturated carbocycles. The number of amides is 1. The molecule has 0 aliphatic rings. The molecule has 0 aromatic heterocycles. The number of hydrogen-bond acceptors (Lipinski definition) is 3. The lowest BCUT2D eigenvalue weighted by Crippen LogP contribution is -2.25. The molecule has 0 aliphatic carbocycles. The van der Waals surface area contributed by atoms with Gasteiger partial charge in [-0.2, -0.15) is 5.26 Å². The molecule has 19 heavy (non-hydrogen) atoms. The molecule has 0 spiro atoms. The van der Waals surface area contributed by atoms with Gasteiger partial charge in [-0.05, 0) is 31.0 Å². The summed E-state index contributed by atoms with van der Waals surface area (Å²) in [6.07, 6.45) is 0. The molecule has 1 aromatic rings. The molecule has 1 N–H and O–H groups in total. The smallest absolute Gasteiger partial charge is 0.237 e. The predicted molar refractivity (Wildman–Crippen MR) is 81.1 cm³/mol. The van der Waals surface area contributed by atoms with Crippen LogP contribution < -0.4 is 5.32 Å². The first-order valence-corrected chi connectivity index (χ1v) is 7.34. The average molecular weight is 276 g/mol. The van der Waals surface area contributed by atoms with Gasteiger partial charge in [0.15, 0.2) is 0 Å². The summed E-state index contributed by atoms with van der Waals surface area (Å²) in [7, 11) is 0. The van der Waals surface area contributed by atoms with Gasteiger partial charge in [-0.15, -0.1) is 11.8 Å². The minimum atomic E-state index is -0.108. The highest BCUT2D eigenvalue weighted by atomic mass is 32.2. The summed E-state index contributed by atoms with van der Waals surface area (Å²) in [5.41, 5.74) is 1.22. The molecule has 1 amide bonds. The van der Waals surface area contributed by atoms with Crippen molar-refractivity contribution < 1.29 is 4.79 Å². The summed E-state index contributed by atoms with van der Waals surface area (Å²) < 4.78 is 0. The number of carbonyl (C=O) groups is 1. The molecule has 0 heterocycles. The fourth-order valence-corrected chi connectivity index (χ4v) is 2.59. The second-order valence-electron chi connectivity index (χ2n) is 4.91. The molecular weight excluding hydrogens is 256 g/mol. The van der Waals surface area contributed by atoms with Crippen LogP contribution in [0.1, 0.15) is 33.3 Å². The van der Waals surface area contributed by atoms with Gasteiger partial charge < -0.3 is 5.32 Å². The highest BCUT2D eigenvalue weighted by Gasteiger charge is 2.18. The number of carbonyl (C=O) groups excluding carboxylic acids is 1. The van der Waals surface area contributed by atoms with Crippen LogP contribution in [0.2, 0.25) is 0 Å². The summed E-state index contributed by atoms with van der Waals surface area (Å²) in [5, 5.41) is 12.0. The van der Waals surface area contributed by atoms with Crippen LogP contribution in [0.5, 0.6) is 0 Å². The second-order valence-corrected chi connectivity index (χ2v) is 6.63. The molecule has 0 fully saturated rings. The maximum Gasteiger partial charge on any atom is 0.237 e. The summed E-state index contributed by atoms with van der Waals surface area (Å²) in [4.78, 5) is 12.1. The van der Waals surface area contributed by atoms with Crippen molar-refractivity contribution in [3.05, 3.63) is 29.8 Å². The number of rotatable bonds is 5. The number of anilines is 1. The van der Waals surface area contributed by atoms with E-state index in [2.05, 4.69) is 32.2 Å². The third-order valence-corrected chi connectivity index (χ3v) is 4.58. The molecular formula is C15H20N2OS. The van der Waals surface area contributed by atoms with Crippen LogP contribution in [0.3, 0.4) is 0 Å². The van der Waals surface area contributed by atoms with Crippen LogP contribution in [0.15, 0.2) is 24.3 Å². The molecule has 2 unspecified atom stereocenters. The quantitative estimate of drug-likeness (QED) is 0.893. The second kappa shape index (κ2) is 7.20. The Bertz CT molecular complexity index is 479. The molecule has 2 atom stereocenters. The van der Waals surface area contributed by atoms with E-state index in [9.17, 15) is 4.79 Å². The largest absolute Gasteiger partial charge is 0.325 e. The third-order valence-electron chi connectivity index (χ3n) is 2.99. The van der Waals surface area contributed by atoms with Crippen LogP contribution >= 0.6 is 11.8 Å². The third kappa shape index (κ3) is 4.96. The van der Waals surface area contributed by atoms with Crippen LogP contribution in [0, 0.1) is 17.2 Å². The number of benzene rings is 1. The van der Waals surface area contributed by atoms with Crippen LogP contribution in [0.4, 0.5) is 5.69 Å². The first-order chi connectivity index (χ1) is 8.93. The van der Waals surface area contributed by atoms with Gasteiger partial charge in [-0.25, -0.2) is 0 Å². The summed E-state index contributed by atoms with van der Waals surface area (Å²) >= 11 is 1.67. The Kier molecular flexibility index (Phi) is 5.91. The Morgan fingerprint density at radius 1 is 1.32 bits per heavy atom. The van der Waals surface area contributed by atoms with Gasteiger partial charge >= 0.3 is 0 Å². The maximum absolute atomic E-state index is 12.1. The standard InChI is InChI=1S/C15H20N2OS/c1-10(2)11(3)19-12(4)15(18)17-14-7-5-6-13(8-14)9-16/h5-8,10-12H,1-4H3,(H,17,18). The Hall–Kier alpha value is -1.47. The van der Waals surface area contributed by atoms with E-state index < -0.39 is 0 Å². The van der Waals surface area contributed by atoms with Gasteiger partial charge in [0.1, 0.15) is 0 Å². The monoisotopic (exact) mass is 276 g/mol. The zero-order valence-corrected chi connectivity index (χ0v) is 12.6. The fourth-order valence-electron chi connectivity index (χ4n) is 1.45. The van der Waals surface area contributed by atoms with E-state index >= 15 is 0 Å². The van der Waals surface area contributed by atoms with E-state index in [1.165, 1.54) is 0 Å². The molecule has 4 heteroatoms. The topological polar surface area (TPSA) is 52.9 Å². The molecule has 3 nitrogen and oxygen atoms in total. The first kappa shape index (κ1) is 15.6. The highest BCUT2D eigenvalue weighted by molar-refractivity contribution is 8.01. The van der Waals surface area contributed by atoms with E-state index in [0.717, 1.165) is 0 Å². The predicted octanol–water partition coefficient (Wildman–Crippen LogP) is 3.66. The Labute approximate surface area is 119 Å². The van der Waals surface area contributed by atoms with Crippen LogP contribution in [-0.4, -0.2) is 16.4 Å². The zero-order valence-electron chi connectivity index (χ0n) is 11.8. The highest BCUT2D eigenvalue weighted by Crippen LogP contribution is 2.24. The molecule has 0 saturated heterocycles. The molecule has 0 aliphatic heterocycles. The SMILES string of the molecule is CC(SC(C)C(C)C)C(=O)Nc1cccc(C#N)c1. The summed E-state index contributed by atoms with van der Waals surface area (Å²) in [5.74, 6) is 0.523. The molecule has 0 radical (unpaired) electrons. The van der Waals surface area contributed by atoms with Gasteiger partial charge in [0.25, 0.3) is 0 Å². The normalized spacial score (nSPS) is 13.7. The lowest BCUT2D eigenvalue weighted by Gasteiger charge is -2.19. The average Bonchev–Trinajstić information content (AvgIpc) is 2.38. The first-order valence-electron chi connectivity index (χ1n) is 6.40. The van der Waals surface area contributed by atoms with E-state index in [1.54, 1.807) is 36.0 Å². The van der Waals surface area contributed by atoms with Crippen LogP contribution in [0.25, 0.3) is 0 Å². The fraction of sp³-hybridized carbons (Fsp3) is 0.467.